The Morgan fingerprint density at radius 1 is 1.50 bits per heavy atom. The van der Waals surface area contributed by atoms with Gasteiger partial charge in [0.1, 0.15) is 4.21 Å². The van der Waals surface area contributed by atoms with Crippen LogP contribution in [0.3, 0.4) is 0 Å². The van der Waals surface area contributed by atoms with Crippen molar-refractivity contribution in [2.45, 2.75) is 36.6 Å². The Morgan fingerprint density at radius 2 is 2.22 bits per heavy atom. The molecule has 0 saturated heterocycles. The topological polar surface area (TPSA) is 81.4 Å². The molecule has 3 N–H and O–H groups in total. The van der Waals surface area contributed by atoms with E-state index in [1.165, 1.54) is 11.3 Å². The van der Waals surface area contributed by atoms with Crippen molar-refractivity contribution in [3.05, 3.63) is 17.0 Å². The fraction of sp³-hybridized carbons (Fsp3) is 0.636. The summed E-state index contributed by atoms with van der Waals surface area (Å²) in [5.41, 5.74) is 5.48. The Balaban J connectivity index is 2.78. The first-order valence-electron chi connectivity index (χ1n) is 5.83. The van der Waals surface area contributed by atoms with Gasteiger partial charge >= 0.3 is 0 Å². The van der Waals surface area contributed by atoms with Crippen molar-refractivity contribution in [3.8, 4) is 0 Å². The average Bonchev–Trinajstić information content (AvgIpc) is 2.78. The number of nitrogens with two attached hydrogens (primary N) is 1. The SMILES string of the molecule is CCCC(COC)NS(=O)(=O)c1ccc(CN)s1. The van der Waals surface area contributed by atoms with Crippen molar-refractivity contribution < 1.29 is 13.2 Å². The van der Waals surface area contributed by atoms with Crippen LogP contribution >= 0.6 is 11.3 Å². The first-order chi connectivity index (χ1) is 8.53. The third-order valence-electron chi connectivity index (χ3n) is 2.43. The van der Waals surface area contributed by atoms with Gasteiger partial charge in [0.05, 0.1) is 6.61 Å². The fourth-order valence-electron chi connectivity index (χ4n) is 1.62. The molecule has 0 amide bonds. The Hall–Kier alpha value is -0.470. The molecule has 1 aromatic heterocycles. The minimum absolute atomic E-state index is 0.187. The minimum Gasteiger partial charge on any atom is -0.383 e. The Morgan fingerprint density at radius 3 is 2.72 bits per heavy atom. The molecule has 7 heteroatoms. The normalized spacial score (nSPS) is 13.7. The zero-order valence-electron chi connectivity index (χ0n) is 10.7. The van der Waals surface area contributed by atoms with Gasteiger partial charge < -0.3 is 10.5 Å². The predicted octanol–water partition coefficient (Wildman–Crippen LogP) is 1.30. The van der Waals surface area contributed by atoms with Gasteiger partial charge in [-0.3, -0.25) is 0 Å². The third-order valence-corrected chi connectivity index (χ3v) is 5.55. The Bertz CT molecular complexity index is 451. The van der Waals surface area contributed by atoms with Gasteiger partial charge in [0.25, 0.3) is 0 Å². The number of rotatable bonds is 8. The predicted molar refractivity (Wildman–Crippen MR) is 73.1 cm³/mol. The van der Waals surface area contributed by atoms with E-state index < -0.39 is 10.0 Å². The summed E-state index contributed by atoms with van der Waals surface area (Å²) in [5.74, 6) is 0. The molecule has 0 spiro atoms. The number of thiophene rings is 1. The van der Waals surface area contributed by atoms with Gasteiger partial charge in [0.15, 0.2) is 0 Å². The van der Waals surface area contributed by atoms with Crippen LogP contribution in [0, 0.1) is 0 Å². The molecule has 1 atom stereocenters. The molecular formula is C11H20N2O3S2. The lowest BCUT2D eigenvalue weighted by atomic mass is 10.2. The number of methoxy groups -OCH3 is 1. The zero-order chi connectivity index (χ0) is 13.6. The molecule has 18 heavy (non-hydrogen) atoms. The number of hydrogen-bond acceptors (Lipinski definition) is 5. The van der Waals surface area contributed by atoms with E-state index in [0.717, 1.165) is 17.7 Å². The highest BCUT2D eigenvalue weighted by atomic mass is 32.2. The van der Waals surface area contributed by atoms with Crippen molar-refractivity contribution >= 4 is 21.4 Å². The number of nitrogens with one attached hydrogen (secondary N) is 1. The smallest absolute Gasteiger partial charge is 0.250 e. The van der Waals surface area contributed by atoms with Gasteiger partial charge in [-0.05, 0) is 18.6 Å². The maximum atomic E-state index is 12.1. The van der Waals surface area contributed by atoms with E-state index >= 15 is 0 Å². The summed E-state index contributed by atoms with van der Waals surface area (Å²) in [6, 6.07) is 3.14. The molecule has 0 fully saturated rings. The van der Waals surface area contributed by atoms with Crippen LogP contribution in [0.4, 0.5) is 0 Å². The van der Waals surface area contributed by atoms with Gasteiger partial charge in [0.2, 0.25) is 10.0 Å². The second-order valence-corrected chi connectivity index (χ2v) is 7.10. The Kier molecular flexibility index (Phi) is 6.24. The second-order valence-electron chi connectivity index (χ2n) is 3.99. The van der Waals surface area contributed by atoms with Crippen LogP contribution in [0.25, 0.3) is 0 Å². The summed E-state index contributed by atoms with van der Waals surface area (Å²) >= 11 is 1.20. The van der Waals surface area contributed by atoms with Crippen LogP contribution in [0.1, 0.15) is 24.6 Å². The standard InChI is InChI=1S/C11H20N2O3S2/c1-3-4-9(8-16-2)13-18(14,15)11-6-5-10(7-12)17-11/h5-6,9,13H,3-4,7-8,12H2,1-2H3. The highest BCUT2D eigenvalue weighted by Crippen LogP contribution is 2.21. The first-order valence-corrected chi connectivity index (χ1v) is 8.13. The number of hydrogen-bond donors (Lipinski definition) is 2. The molecule has 1 rings (SSSR count). The maximum Gasteiger partial charge on any atom is 0.250 e. The average molecular weight is 292 g/mol. The second kappa shape index (κ2) is 7.20. The molecule has 1 heterocycles. The highest BCUT2D eigenvalue weighted by molar-refractivity contribution is 7.91. The first kappa shape index (κ1) is 15.6. The van der Waals surface area contributed by atoms with Gasteiger partial charge in [-0.1, -0.05) is 13.3 Å². The van der Waals surface area contributed by atoms with E-state index in [9.17, 15) is 8.42 Å². The van der Waals surface area contributed by atoms with Crippen LogP contribution in [0.2, 0.25) is 0 Å². The fourth-order valence-corrected chi connectivity index (χ4v) is 4.12. The van der Waals surface area contributed by atoms with Crippen LogP contribution in [0.15, 0.2) is 16.3 Å². The molecule has 0 saturated carbocycles. The molecule has 0 aliphatic heterocycles. The number of ether oxygens (including phenoxy) is 1. The van der Waals surface area contributed by atoms with Gasteiger partial charge in [-0.2, -0.15) is 0 Å². The summed E-state index contributed by atoms with van der Waals surface area (Å²) in [5, 5.41) is 0. The van der Waals surface area contributed by atoms with E-state index in [4.69, 9.17) is 10.5 Å². The van der Waals surface area contributed by atoms with Crippen molar-refractivity contribution in [2.75, 3.05) is 13.7 Å². The van der Waals surface area contributed by atoms with E-state index in [0.29, 0.717) is 17.4 Å². The van der Waals surface area contributed by atoms with Crippen LogP contribution < -0.4 is 10.5 Å². The van der Waals surface area contributed by atoms with E-state index in [1.54, 1.807) is 19.2 Å². The lowest BCUT2D eigenvalue weighted by Gasteiger charge is -2.16. The zero-order valence-corrected chi connectivity index (χ0v) is 12.3. The summed E-state index contributed by atoms with van der Waals surface area (Å²) in [4.78, 5) is 0.856. The van der Waals surface area contributed by atoms with Crippen LogP contribution in [0.5, 0.6) is 0 Å². The van der Waals surface area contributed by atoms with Crippen molar-refractivity contribution in [1.82, 2.24) is 4.72 Å². The molecule has 5 nitrogen and oxygen atoms in total. The molecule has 1 unspecified atom stereocenters. The lowest BCUT2D eigenvalue weighted by Crippen LogP contribution is -2.37. The largest absolute Gasteiger partial charge is 0.383 e. The molecule has 1 aromatic rings. The highest BCUT2D eigenvalue weighted by Gasteiger charge is 2.21. The molecule has 0 bridgehead atoms. The summed E-state index contributed by atoms with van der Waals surface area (Å²) in [6.45, 7) is 2.74. The maximum absolute atomic E-state index is 12.1. The molecule has 0 aliphatic carbocycles. The molecule has 0 aliphatic rings. The van der Waals surface area contributed by atoms with Crippen molar-refractivity contribution in [3.63, 3.8) is 0 Å². The minimum atomic E-state index is -3.46. The number of sulfonamides is 1. The van der Waals surface area contributed by atoms with Crippen molar-refractivity contribution in [1.29, 1.82) is 0 Å². The third kappa shape index (κ3) is 4.33. The molecular weight excluding hydrogens is 272 g/mol. The molecule has 0 aromatic carbocycles. The van der Waals surface area contributed by atoms with E-state index in [1.807, 2.05) is 6.92 Å². The van der Waals surface area contributed by atoms with Crippen LogP contribution in [-0.4, -0.2) is 28.2 Å². The van der Waals surface area contributed by atoms with Gasteiger partial charge in [-0.15, -0.1) is 11.3 Å². The summed E-state index contributed by atoms with van der Waals surface area (Å²) in [6.07, 6.45) is 1.65. The quantitative estimate of drug-likeness (QED) is 0.756. The molecule has 0 radical (unpaired) electrons. The van der Waals surface area contributed by atoms with Gasteiger partial charge in [0, 0.05) is 24.6 Å². The van der Waals surface area contributed by atoms with Gasteiger partial charge in [-0.25, -0.2) is 13.1 Å². The summed E-state index contributed by atoms with van der Waals surface area (Å²) in [7, 11) is -1.90. The molecule has 104 valence electrons. The van der Waals surface area contributed by atoms with Crippen molar-refractivity contribution in [2.24, 2.45) is 5.73 Å². The van der Waals surface area contributed by atoms with E-state index in [2.05, 4.69) is 4.72 Å². The van der Waals surface area contributed by atoms with E-state index in [-0.39, 0.29) is 6.04 Å². The summed E-state index contributed by atoms with van der Waals surface area (Å²) < 4.78 is 32.2. The van der Waals surface area contributed by atoms with Crippen LogP contribution in [-0.2, 0) is 21.3 Å². The monoisotopic (exact) mass is 292 g/mol. The Labute approximate surface area is 112 Å². The lowest BCUT2D eigenvalue weighted by molar-refractivity contribution is 0.171.